The average Bonchev–Trinajstić information content (AvgIpc) is 2.26. The normalized spacial score (nSPS) is 14.2. The van der Waals surface area contributed by atoms with Crippen molar-refractivity contribution in [2.45, 2.75) is 122 Å². The number of amides is 10. The Morgan fingerprint density at radius 2 is 1.33 bits per heavy atom. The van der Waals surface area contributed by atoms with E-state index in [0.717, 1.165) is 35.9 Å². The molecule has 0 radical (unpaired) electrons. The molecule has 470 valence electrons. The summed E-state index contributed by atoms with van der Waals surface area (Å²) in [5.74, 6) is -13.9. The third kappa shape index (κ3) is 22.8. The Morgan fingerprint density at radius 1 is 0.721 bits per heavy atom. The third-order valence-corrected chi connectivity index (χ3v) is 12.8. The molecule has 3 aromatic rings. The average molecular weight is 1220 g/mol. The van der Waals surface area contributed by atoms with E-state index in [4.69, 9.17) is 26.5 Å². The van der Waals surface area contributed by atoms with Crippen LogP contribution in [0.3, 0.4) is 0 Å². The second-order valence-electron chi connectivity index (χ2n) is 20.7. The van der Waals surface area contributed by atoms with Crippen LogP contribution in [0.5, 0.6) is 0 Å². The lowest BCUT2D eigenvalue weighted by molar-refractivity contribution is -0.192. The number of carboxylic acids is 2. The SMILES string of the molecule is C[C@H](NC(=O)CN1C(=O)C=CC1=O)C(=O)N[C@@H](C)C(=O)N[C@@H](CC(=O)N[C@@H](CCN(C(=O)CO)[C@@H](c1cc(-c2cc(F)ccc2F)cn1Cc1ccccc1)C(C)(C)C)C(=O)NCCC(=O)NCCCC[C@H](N)C(=O)O)C(N)=O.O=C(O)C(F)(F)F. The zero-order chi connectivity index (χ0) is 64.8. The van der Waals surface area contributed by atoms with Crippen LogP contribution in [0.1, 0.15) is 90.4 Å². The summed E-state index contributed by atoms with van der Waals surface area (Å²) in [6.07, 6.45) is -2.01. The van der Waals surface area contributed by atoms with E-state index in [1.165, 1.54) is 18.7 Å². The number of carbonyl (C=O) groups excluding carboxylic acids is 10. The fourth-order valence-electron chi connectivity index (χ4n) is 8.43. The van der Waals surface area contributed by atoms with Crippen molar-refractivity contribution in [3.8, 4) is 11.1 Å². The van der Waals surface area contributed by atoms with Crippen molar-refractivity contribution < 1.29 is 94.8 Å². The van der Waals surface area contributed by atoms with Gasteiger partial charge in [-0.25, -0.2) is 13.6 Å². The Morgan fingerprint density at radius 3 is 1.90 bits per heavy atom. The van der Waals surface area contributed by atoms with Gasteiger partial charge in [-0.15, -0.1) is 0 Å². The zero-order valence-corrected chi connectivity index (χ0v) is 47.5. The number of aromatic nitrogens is 1. The van der Waals surface area contributed by atoms with E-state index in [9.17, 15) is 75.4 Å². The Balaban J connectivity index is 0.00000259. The predicted octanol–water partition coefficient (Wildman–Crippen LogP) is 0.397. The zero-order valence-electron chi connectivity index (χ0n) is 47.5. The van der Waals surface area contributed by atoms with Crippen molar-refractivity contribution in [2.24, 2.45) is 16.9 Å². The van der Waals surface area contributed by atoms with Crippen molar-refractivity contribution in [2.75, 3.05) is 32.8 Å². The number of carbonyl (C=O) groups is 12. The molecule has 2 aromatic carbocycles. The molecule has 13 N–H and O–H groups in total. The Kier molecular flexibility index (Phi) is 27.1. The van der Waals surface area contributed by atoms with Crippen LogP contribution >= 0.6 is 0 Å². The lowest BCUT2D eigenvalue weighted by Crippen LogP contribution is -2.56. The summed E-state index contributed by atoms with van der Waals surface area (Å²) in [5, 5.41) is 41.2. The van der Waals surface area contributed by atoms with Gasteiger partial charge in [0.1, 0.15) is 55.0 Å². The summed E-state index contributed by atoms with van der Waals surface area (Å²) >= 11 is 0. The highest BCUT2D eigenvalue weighted by atomic mass is 19.4. The van der Waals surface area contributed by atoms with Crippen molar-refractivity contribution >= 4 is 71.0 Å². The van der Waals surface area contributed by atoms with Gasteiger partial charge < -0.3 is 68.2 Å². The molecule has 4 rings (SSSR count). The largest absolute Gasteiger partial charge is 0.490 e. The molecule has 0 saturated heterocycles. The van der Waals surface area contributed by atoms with Gasteiger partial charge in [-0.1, -0.05) is 51.1 Å². The monoisotopic (exact) mass is 1220 g/mol. The molecular formula is C55H70F5N11O15. The highest BCUT2D eigenvalue weighted by Crippen LogP contribution is 2.41. The van der Waals surface area contributed by atoms with Gasteiger partial charge in [0.25, 0.3) is 11.8 Å². The number of imide groups is 1. The van der Waals surface area contributed by atoms with Crippen LogP contribution in [0.2, 0.25) is 0 Å². The van der Waals surface area contributed by atoms with Crippen LogP contribution in [0.15, 0.2) is 72.9 Å². The summed E-state index contributed by atoms with van der Waals surface area (Å²) in [6.45, 7) is 5.92. The molecule has 0 bridgehead atoms. The molecule has 0 spiro atoms. The first-order valence-corrected chi connectivity index (χ1v) is 26.6. The second-order valence-corrected chi connectivity index (χ2v) is 20.7. The van der Waals surface area contributed by atoms with E-state index in [1.54, 1.807) is 37.6 Å². The first-order valence-electron chi connectivity index (χ1n) is 26.6. The Labute approximate surface area is 489 Å². The molecular weight excluding hydrogens is 1150 g/mol. The maximum Gasteiger partial charge on any atom is 0.490 e. The second kappa shape index (κ2) is 32.8. The molecule has 0 fully saturated rings. The molecule has 1 aliphatic heterocycles. The molecule has 26 nitrogen and oxygen atoms in total. The van der Waals surface area contributed by atoms with Crippen LogP contribution < -0.4 is 43.4 Å². The molecule has 0 unspecified atom stereocenters. The number of halogens is 5. The third-order valence-electron chi connectivity index (χ3n) is 12.8. The number of hydrogen-bond donors (Lipinski definition) is 11. The molecule has 31 heteroatoms. The van der Waals surface area contributed by atoms with Gasteiger partial charge in [-0.05, 0) is 74.8 Å². The molecule has 0 saturated carbocycles. The van der Waals surface area contributed by atoms with E-state index in [1.807, 2.05) is 30.3 Å². The minimum Gasteiger partial charge on any atom is -0.480 e. The molecule has 1 aliphatic rings. The van der Waals surface area contributed by atoms with Gasteiger partial charge >= 0.3 is 18.1 Å². The first-order chi connectivity index (χ1) is 40.1. The lowest BCUT2D eigenvalue weighted by Gasteiger charge is -2.41. The molecule has 2 heterocycles. The van der Waals surface area contributed by atoms with Crippen molar-refractivity contribution in [1.82, 2.24) is 46.3 Å². The fraction of sp³-hybridized carbons (Fsp3) is 0.455. The number of aliphatic hydroxyl groups excluding tert-OH is 1. The number of nitrogens with one attached hydrogen (secondary N) is 6. The van der Waals surface area contributed by atoms with Gasteiger partial charge in [-0.2, -0.15) is 13.2 Å². The lowest BCUT2D eigenvalue weighted by atomic mass is 9.82. The number of nitrogens with zero attached hydrogens (tertiary/aromatic N) is 3. The van der Waals surface area contributed by atoms with Crippen molar-refractivity contribution in [3.63, 3.8) is 0 Å². The van der Waals surface area contributed by atoms with Gasteiger partial charge in [-0.3, -0.25) is 57.6 Å². The minimum atomic E-state index is -5.08. The summed E-state index contributed by atoms with van der Waals surface area (Å²) in [7, 11) is 0. The molecule has 1 aromatic heterocycles. The number of benzene rings is 2. The number of unbranched alkanes of at least 4 members (excludes halogenated alkanes) is 1. The quantitative estimate of drug-likeness (QED) is 0.0244. The van der Waals surface area contributed by atoms with Crippen molar-refractivity contribution in [1.29, 1.82) is 0 Å². The maximum absolute atomic E-state index is 15.4. The summed E-state index contributed by atoms with van der Waals surface area (Å²) < 4.78 is 63.5. The standard InChI is InChI=1S/C53H69F2N11O13.C2HF3O2/c1-30(60-43(70)28-66-44(71)16-17-45(66)72)49(75)61-31(2)50(76)63-39(48(57)74)25-42(69)62-38(51(77)59-21-18-41(68)58-20-10-9-13-37(56)52(78)79)19-22-65(46(73)29-67)47(53(3,4)5)40-23-33(35-24-34(54)14-15-36(35)55)27-64(40)26-32-11-7-6-8-12-32;3-2(4,5)1(6)7/h6-8,11-12,14-17,23-24,27,30-31,37-39,47,67H,9-10,13,18-22,25-26,28-29,56H2,1-5H3,(H2,57,74)(H,58,68)(H,59,77)(H,60,70)(H,61,75)(H,62,69)(H,63,76)(H,78,79);(H,6,7)/t30-,31-,37-,38-,39-,47-;/m0./s1. The smallest absolute Gasteiger partial charge is 0.480 e. The number of carboxylic acid groups (broad SMARTS) is 2. The van der Waals surface area contributed by atoms with Crippen LogP contribution in [0.4, 0.5) is 22.0 Å². The number of hydrogen-bond acceptors (Lipinski definition) is 14. The van der Waals surface area contributed by atoms with Gasteiger partial charge in [0.2, 0.25) is 47.3 Å². The Hall–Kier alpha value is -9.13. The summed E-state index contributed by atoms with van der Waals surface area (Å²) in [4.78, 5) is 152. The number of aliphatic carboxylic acids is 2. The number of primary amides is 1. The number of aliphatic hydroxyl groups is 1. The van der Waals surface area contributed by atoms with Gasteiger partial charge in [0.05, 0.1) is 12.5 Å². The maximum atomic E-state index is 15.4. The molecule has 6 atom stereocenters. The molecule has 86 heavy (non-hydrogen) atoms. The van der Waals surface area contributed by atoms with Crippen LogP contribution in [0.25, 0.3) is 11.1 Å². The van der Waals surface area contributed by atoms with E-state index >= 15 is 4.39 Å². The van der Waals surface area contributed by atoms with Crippen molar-refractivity contribution in [3.05, 3.63) is 95.8 Å². The highest BCUT2D eigenvalue weighted by Gasteiger charge is 2.40. The predicted molar refractivity (Wildman–Crippen MR) is 293 cm³/mol. The van der Waals surface area contributed by atoms with Gasteiger partial charge in [0.15, 0.2) is 0 Å². The summed E-state index contributed by atoms with van der Waals surface area (Å²) in [5.41, 5.74) is 11.7. The minimum absolute atomic E-state index is 0.0681. The van der Waals surface area contributed by atoms with Crippen LogP contribution in [-0.4, -0.2) is 170 Å². The number of rotatable bonds is 30. The fourth-order valence-corrected chi connectivity index (χ4v) is 8.43. The topological polar surface area (TPSA) is 401 Å². The van der Waals surface area contributed by atoms with Crippen LogP contribution in [0, 0.1) is 17.0 Å². The van der Waals surface area contributed by atoms with E-state index in [0.29, 0.717) is 23.4 Å². The van der Waals surface area contributed by atoms with Gasteiger partial charge in [0, 0.05) is 67.8 Å². The molecule has 0 aliphatic carbocycles. The molecule has 10 amide bonds. The Bertz CT molecular complexity index is 2970. The van der Waals surface area contributed by atoms with Crippen LogP contribution in [-0.2, 0) is 64.1 Å². The number of nitrogens with two attached hydrogens (primary N) is 2. The van der Waals surface area contributed by atoms with E-state index < -0.39 is 150 Å². The van der Waals surface area contributed by atoms with E-state index in [2.05, 4.69) is 31.9 Å². The highest BCUT2D eigenvalue weighted by molar-refractivity contribution is 6.14. The van der Waals surface area contributed by atoms with E-state index in [-0.39, 0.29) is 56.6 Å². The summed E-state index contributed by atoms with van der Waals surface area (Å²) in [6, 6.07) is 5.71. The number of alkyl halides is 3. The first kappa shape index (κ1) is 71.1.